The van der Waals surface area contributed by atoms with Crippen LogP contribution in [0.2, 0.25) is 0 Å². The van der Waals surface area contributed by atoms with Gasteiger partial charge in [-0.1, -0.05) is 6.07 Å². The van der Waals surface area contributed by atoms with Crippen LogP contribution in [0.15, 0.2) is 40.1 Å². The molecular weight excluding hydrogens is 372 g/mol. The van der Waals surface area contributed by atoms with Gasteiger partial charge in [0, 0.05) is 28.8 Å². The number of furan rings is 1. The van der Waals surface area contributed by atoms with E-state index in [4.69, 9.17) is 9.15 Å². The smallest absolute Gasteiger partial charge is 0.258 e. The lowest BCUT2D eigenvalue weighted by molar-refractivity contribution is -0.123. The van der Waals surface area contributed by atoms with Crippen molar-refractivity contribution in [2.45, 2.75) is 31.7 Å². The van der Waals surface area contributed by atoms with Gasteiger partial charge < -0.3 is 19.4 Å². The Hall–Kier alpha value is -2.31. The maximum absolute atomic E-state index is 12.3. The van der Waals surface area contributed by atoms with Gasteiger partial charge in [-0.25, -0.2) is 0 Å². The van der Waals surface area contributed by atoms with Gasteiger partial charge in [-0.15, -0.1) is 11.3 Å². The quantitative estimate of drug-likeness (QED) is 0.649. The van der Waals surface area contributed by atoms with Crippen LogP contribution in [0.25, 0.3) is 11.0 Å². The van der Waals surface area contributed by atoms with E-state index in [1.165, 1.54) is 23.3 Å². The topological polar surface area (TPSA) is 54.7 Å². The van der Waals surface area contributed by atoms with Gasteiger partial charge in [0.25, 0.3) is 5.91 Å². The van der Waals surface area contributed by atoms with Crippen LogP contribution >= 0.6 is 11.3 Å². The zero-order valence-electron chi connectivity index (χ0n) is 16.4. The van der Waals surface area contributed by atoms with Crippen molar-refractivity contribution < 1.29 is 13.9 Å². The van der Waals surface area contributed by atoms with E-state index < -0.39 is 0 Å². The molecule has 0 fully saturated rings. The normalized spacial score (nSPS) is 14.8. The van der Waals surface area contributed by atoms with Gasteiger partial charge in [-0.2, -0.15) is 0 Å². The fourth-order valence-electron chi connectivity index (χ4n) is 3.76. The lowest BCUT2D eigenvalue weighted by atomic mass is 9.96. The average molecular weight is 399 g/mol. The highest BCUT2D eigenvalue weighted by Gasteiger charge is 2.19. The molecule has 0 aliphatic heterocycles. The highest BCUT2D eigenvalue weighted by Crippen LogP contribution is 2.33. The number of thiophene rings is 1. The van der Waals surface area contributed by atoms with Crippen molar-refractivity contribution in [2.24, 2.45) is 0 Å². The third-order valence-electron chi connectivity index (χ3n) is 5.28. The molecule has 2 heterocycles. The summed E-state index contributed by atoms with van der Waals surface area (Å²) in [5, 5.41) is 6.17. The van der Waals surface area contributed by atoms with Crippen molar-refractivity contribution in [1.82, 2.24) is 10.2 Å². The van der Waals surface area contributed by atoms with Crippen molar-refractivity contribution in [1.29, 1.82) is 0 Å². The standard InChI is InChI=1S/C22H26N2O3S/c1-24(2)18(21-8-5-11-28-21)13-23-22(25)14-26-15-9-10-20-17(12-15)16-6-3-4-7-19(16)27-20/h5,8-12,18H,3-4,6-7,13-14H2,1-2H3,(H,23,25)/t18-/m0/s1. The van der Waals surface area contributed by atoms with E-state index in [9.17, 15) is 4.79 Å². The Bertz CT molecular complexity index is 946. The van der Waals surface area contributed by atoms with Crippen LogP contribution in [0.3, 0.4) is 0 Å². The van der Waals surface area contributed by atoms with Crippen molar-refractivity contribution >= 4 is 28.2 Å². The summed E-state index contributed by atoms with van der Waals surface area (Å²) in [7, 11) is 4.04. The van der Waals surface area contributed by atoms with Gasteiger partial charge in [0.2, 0.25) is 0 Å². The maximum atomic E-state index is 12.3. The molecule has 4 rings (SSSR count). The highest BCUT2D eigenvalue weighted by molar-refractivity contribution is 7.10. The lowest BCUT2D eigenvalue weighted by Crippen LogP contribution is -2.36. The van der Waals surface area contributed by atoms with Gasteiger partial charge in [0.15, 0.2) is 6.61 Å². The Morgan fingerprint density at radius 3 is 2.93 bits per heavy atom. The number of amides is 1. The number of aryl methyl sites for hydroxylation is 2. The van der Waals surface area contributed by atoms with Crippen LogP contribution in [0.1, 0.15) is 35.1 Å². The number of hydrogen-bond donors (Lipinski definition) is 1. The van der Waals surface area contributed by atoms with Crippen LogP contribution in [0.4, 0.5) is 0 Å². The number of benzene rings is 1. The first-order valence-electron chi connectivity index (χ1n) is 9.75. The number of likely N-dealkylation sites (N-methyl/N-ethyl adjacent to an activating group) is 1. The Balaban J connectivity index is 1.35. The molecule has 5 nitrogen and oxygen atoms in total. The van der Waals surface area contributed by atoms with Gasteiger partial charge in [0.1, 0.15) is 17.1 Å². The first-order valence-corrected chi connectivity index (χ1v) is 10.6. The molecule has 0 unspecified atom stereocenters. The van der Waals surface area contributed by atoms with E-state index in [1.807, 2.05) is 38.4 Å². The molecule has 1 amide bonds. The van der Waals surface area contributed by atoms with Gasteiger partial charge in [-0.3, -0.25) is 4.79 Å². The molecule has 1 atom stereocenters. The summed E-state index contributed by atoms with van der Waals surface area (Å²) in [5.41, 5.74) is 2.22. The molecule has 1 N–H and O–H groups in total. The Labute approximate surface area is 169 Å². The molecule has 148 valence electrons. The number of nitrogens with zero attached hydrogens (tertiary/aromatic N) is 1. The Morgan fingerprint density at radius 2 is 2.14 bits per heavy atom. The molecule has 1 aliphatic rings. The second-order valence-electron chi connectivity index (χ2n) is 7.46. The molecule has 0 saturated heterocycles. The largest absolute Gasteiger partial charge is 0.484 e. The van der Waals surface area contributed by atoms with Gasteiger partial charge in [0.05, 0.1) is 6.04 Å². The summed E-state index contributed by atoms with van der Waals surface area (Å²) in [6, 6.07) is 10.1. The minimum Gasteiger partial charge on any atom is -0.484 e. The first-order chi connectivity index (χ1) is 13.6. The second kappa shape index (κ2) is 8.37. The molecule has 6 heteroatoms. The van der Waals surface area contributed by atoms with E-state index >= 15 is 0 Å². The zero-order chi connectivity index (χ0) is 19.5. The second-order valence-corrected chi connectivity index (χ2v) is 8.44. The summed E-state index contributed by atoms with van der Waals surface area (Å²) < 4.78 is 11.7. The van der Waals surface area contributed by atoms with Crippen LogP contribution in [0.5, 0.6) is 5.75 Å². The van der Waals surface area contributed by atoms with Crippen molar-refractivity contribution in [2.75, 3.05) is 27.2 Å². The summed E-state index contributed by atoms with van der Waals surface area (Å²) in [6.45, 7) is 0.570. The summed E-state index contributed by atoms with van der Waals surface area (Å²) in [5.74, 6) is 1.71. The van der Waals surface area contributed by atoms with Crippen LogP contribution < -0.4 is 10.1 Å². The molecule has 0 spiro atoms. The minimum absolute atomic E-state index is 0.0101. The van der Waals surface area contributed by atoms with Crippen molar-refractivity contribution in [3.8, 4) is 5.75 Å². The van der Waals surface area contributed by atoms with Crippen molar-refractivity contribution in [3.63, 3.8) is 0 Å². The van der Waals surface area contributed by atoms with E-state index in [1.54, 1.807) is 11.3 Å². The van der Waals surface area contributed by atoms with Crippen LogP contribution in [-0.4, -0.2) is 38.1 Å². The number of hydrogen-bond acceptors (Lipinski definition) is 5. The first kappa shape index (κ1) is 19.0. The van der Waals surface area contributed by atoms with Crippen LogP contribution in [0, 0.1) is 0 Å². The Morgan fingerprint density at radius 1 is 1.29 bits per heavy atom. The zero-order valence-corrected chi connectivity index (χ0v) is 17.2. The minimum atomic E-state index is -0.113. The Kier molecular flexibility index (Phi) is 5.69. The number of fused-ring (bicyclic) bond motifs is 3. The van der Waals surface area contributed by atoms with E-state index in [0.717, 1.165) is 29.6 Å². The lowest BCUT2D eigenvalue weighted by Gasteiger charge is -2.23. The molecule has 0 saturated carbocycles. The average Bonchev–Trinajstić information content (AvgIpc) is 3.34. The summed E-state index contributed by atoms with van der Waals surface area (Å²) in [6.07, 6.45) is 4.46. The molecule has 1 aliphatic carbocycles. The van der Waals surface area contributed by atoms with Crippen molar-refractivity contribution in [3.05, 3.63) is 51.9 Å². The summed E-state index contributed by atoms with van der Waals surface area (Å²) >= 11 is 1.70. The third kappa shape index (κ3) is 4.08. The van der Waals surface area contributed by atoms with Crippen LogP contribution in [-0.2, 0) is 17.6 Å². The number of carbonyl (C=O) groups is 1. The fourth-order valence-corrected chi connectivity index (χ4v) is 4.68. The molecule has 28 heavy (non-hydrogen) atoms. The number of ether oxygens (including phenoxy) is 1. The molecule has 3 aromatic rings. The third-order valence-corrected chi connectivity index (χ3v) is 6.26. The molecular formula is C22H26N2O3S. The number of carbonyl (C=O) groups excluding carboxylic acids is 1. The predicted molar refractivity (Wildman–Crippen MR) is 112 cm³/mol. The van der Waals surface area contributed by atoms with Gasteiger partial charge >= 0.3 is 0 Å². The molecule has 0 bridgehead atoms. The highest BCUT2D eigenvalue weighted by atomic mass is 32.1. The molecule has 0 radical (unpaired) electrons. The monoisotopic (exact) mass is 398 g/mol. The number of nitrogens with one attached hydrogen (secondary N) is 1. The van der Waals surface area contributed by atoms with E-state index in [-0.39, 0.29) is 18.6 Å². The summed E-state index contributed by atoms with van der Waals surface area (Å²) in [4.78, 5) is 15.6. The predicted octanol–water partition coefficient (Wildman–Crippen LogP) is 4.17. The fraction of sp³-hybridized carbons (Fsp3) is 0.409. The van der Waals surface area contributed by atoms with E-state index in [2.05, 4.69) is 21.7 Å². The molecule has 2 aromatic heterocycles. The maximum Gasteiger partial charge on any atom is 0.258 e. The molecule has 1 aromatic carbocycles. The van der Waals surface area contributed by atoms with Gasteiger partial charge in [-0.05, 0) is 63.0 Å². The SMILES string of the molecule is CN(C)[C@@H](CNC(=O)COc1ccc2oc3c(c2c1)CCCC3)c1cccs1. The van der Waals surface area contributed by atoms with E-state index in [0.29, 0.717) is 12.3 Å². The number of rotatable bonds is 7.